The number of likely N-dealkylation sites (tertiary alicyclic amines) is 1. The van der Waals surface area contributed by atoms with E-state index in [0.29, 0.717) is 6.04 Å². The van der Waals surface area contributed by atoms with Gasteiger partial charge in [-0.05, 0) is 46.4 Å². The van der Waals surface area contributed by atoms with Gasteiger partial charge in [0.05, 0.1) is 0 Å². The van der Waals surface area contributed by atoms with Crippen LogP contribution in [0.2, 0.25) is 0 Å². The number of hydrogen-bond acceptors (Lipinski definition) is 3. The standard InChI is InChI=1S/C14H28N2O/c1-6-16-9-7-13(8-10-16)15(5)11-14(3,4)12(2)17/h13H,6-11H2,1-5H3. The molecule has 1 rings (SSSR count). The average molecular weight is 240 g/mol. The average Bonchev–Trinajstić information content (AvgIpc) is 2.28. The van der Waals surface area contributed by atoms with Crippen LogP contribution in [0.15, 0.2) is 0 Å². The third kappa shape index (κ3) is 4.07. The summed E-state index contributed by atoms with van der Waals surface area (Å²) >= 11 is 0. The van der Waals surface area contributed by atoms with E-state index in [9.17, 15) is 4.79 Å². The monoisotopic (exact) mass is 240 g/mol. The van der Waals surface area contributed by atoms with Gasteiger partial charge in [-0.2, -0.15) is 0 Å². The molecule has 0 N–H and O–H groups in total. The zero-order chi connectivity index (χ0) is 13.1. The van der Waals surface area contributed by atoms with Gasteiger partial charge >= 0.3 is 0 Å². The summed E-state index contributed by atoms with van der Waals surface area (Å²) < 4.78 is 0. The van der Waals surface area contributed by atoms with Gasteiger partial charge in [-0.15, -0.1) is 0 Å². The molecule has 0 unspecified atom stereocenters. The summed E-state index contributed by atoms with van der Waals surface area (Å²) in [6, 6.07) is 0.649. The highest BCUT2D eigenvalue weighted by atomic mass is 16.1. The van der Waals surface area contributed by atoms with Crippen molar-refractivity contribution in [3.05, 3.63) is 0 Å². The van der Waals surface area contributed by atoms with E-state index in [0.717, 1.165) is 13.1 Å². The van der Waals surface area contributed by atoms with E-state index in [-0.39, 0.29) is 11.2 Å². The Morgan fingerprint density at radius 3 is 2.29 bits per heavy atom. The number of carbonyl (C=O) groups is 1. The first-order chi connectivity index (χ1) is 7.86. The van der Waals surface area contributed by atoms with Crippen molar-refractivity contribution in [2.75, 3.05) is 33.2 Å². The Bertz CT molecular complexity index is 255. The smallest absolute Gasteiger partial charge is 0.136 e. The van der Waals surface area contributed by atoms with Crippen molar-refractivity contribution >= 4 is 5.78 Å². The molecule has 17 heavy (non-hydrogen) atoms. The molecule has 0 radical (unpaired) electrons. The maximum absolute atomic E-state index is 11.5. The van der Waals surface area contributed by atoms with E-state index >= 15 is 0 Å². The molecule has 0 atom stereocenters. The van der Waals surface area contributed by atoms with Crippen molar-refractivity contribution in [3.63, 3.8) is 0 Å². The van der Waals surface area contributed by atoms with Crippen LogP contribution in [-0.2, 0) is 4.79 Å². The van der Waals surface area contributed by atoms with Crippen LogP contribution in [-0.4, -0.2) is 54.9 Å². The third-order valence-electron chi connectivity index (χ3n) is 4.23. The maximum atomic E-state index is 11.5. The van der Waals surface area contributed by atoms with Gasteiger partial charge in [0.2, 0.25) is 0 Å². The Kier molecular flexibility index (Phi) is 5.14. The van der Waals surface area contributed by atoms with Gasteiger partial charge < -0.3 is 9.80 Å². The van der Waals surface area contributed by atoms with Gasteiger partial charge in [-0.1, -0.05) is 20.8 Å². The molecule has 0 aromatic rings. The number of hydrogen-bond donors (Lipinski definition) is 0. The normalized spacial score (nSPS) is 19.9. The molecule has 0 aromatic heterocycles. The first kappa shape index (κ1) is 14.7. The molecule has 1 aliphatic rings. The molecule has 100 valence electrons. The molecular formula is C14H28N2O. The SMILES string of the molecule is CCN1CCC(N(C)CC(C)(C)C(C)=O)CC1. The summed E-state index contributed by atoms with van der Waals surface area (Å²) in [6.45, 7) is 12.5. The van der Waals surface area contributed by atoms with Crippen molar-refractivity contribution in [3.8, 4) is 0 Å². The topological polar surface area (TPSA) is 23.6 Å². The molecule has 0 amide bonds. The minimum Gasteiger partial charge on any atom is -0.303 e. The summed E-state index contributed by atoms with van der Waals surface area (Å²) in [4.78, 5) is 16.4. The van der Waals surface area contributed by atoms with E-state index in [1.807, 2.05) is 13.8 Å². The zero-order valence-corrected chi connectivity index (χ0v) is 12.1. The molecule has 0 aromatic carbocycles. The largest absolute Gasteiger partial charge is 0.303 e. The van der Waals surface area contributed by atoms with Crippen LogP contribution >= 0.6 is 0 Å². The van der Waals surface area contributed by atoms with E-state index in [1.54, 1.807) is 6.92 Å². The molecule has 0 saturated carbocycles. The van der Waals surface area contributed by atoms with Crippen molar-refractivity contribution in [2.45, 2.75) is 46.6 Å². The number of piperidine rings is 1. The van der Waals surface area contributed by atoms with Crippen LogP contribution in [0.5, 0.6) is 0 Å². The van der Waals surface area contributed by atoms with Gasteiger partial charge in [0, 0.05) is 18.0 Å². The molecule has 0 aliphatic carbocycles. The lowest BCUT2D eigenvalue weighted by Crippen LogP contribution is -2.47. The third-order valence-corrected chi connectivity index (χ3v) is 4.23. The predicted octanol–water partition coefficient (Wildman–Crippen LogP) is 2.02. The Balaban J connectivity index is 2.44. The molecule has 0 bridgehead atoms. The van der Waals surface area contributed by atoms with Crippen molar-refractivity contribution in [2.24, 2.45) is 5.41 Å². The number of rotatable bonds is 5. The molecule has 1 heterocycles. The quantitative estimate of drug-likeness (QED) is 0.734. The molecule has 1 saturated heterocycles. The number of Topliss-reactive ketones (excluding diaryl/α,β-unsaturated/α-hetero) is 1. The van der Waals surface area contributed by atoms with Gasteiger partial charge in [0.25, 0.3) is 0 Å². The number of carbonyl (C=O) groups excluding carboxylic acids is 1. The van der Waals surface area contributed by atoms with E-state index in [4.69, 9.17) is 0 Å². The first-order valence-corrected chi connectivity index (χ1v) is 6.80. The van der Waals surface area contributed by atoms with Crippen LogP contribution in [0.3, 0.4) is 0 Å². The molecule has 1 fully saturated rings. The number of nitrogens with zero attached hydrogens (tertiary/aromatic N) is 2. The molecule has 1 aliphatic heterocycles. The van der Waals surface area contributed by atoms with E-state index < -0.39 is 0 Å². The van der Waals surface area contributed by atoms with Crippen LogP contribution in [0.1, 0.15) is 40.5 Å². The van der Waals surface area contributed by atoms with Gasteiger partial charge in [-0.25, -0.2) is 0 Å². The molecular weight excluding hydrogens is 212 g/mol. The highest BCUT2D eigenvalue weighted by Gasteiger charge is 2.29. The molecule has 3 heteroatoms. The second kappa shape index (κ2) is 5.96. The van der Waals surface area contributed by atoms with Crippen molar-refractivity contribution in [1.29, 1.82) is 0 Å². The van der Waals surface area contributed by atoms with Crippen LogP contribution in [0, 0.1) is 5.41 Å². The predicted molar refractivity (Wildman–Crippen MR) is 72.2 cm³/mol. The lowest BCUT2D eigenvalue weighted by atomic mass is 9.87. The molecule has 3 nitrogen and oxygen atoms in total. The van der Waals surface area contributed by atoms with Crippen LogP contribution < -0.4 is 0 Å². The Morgan fingerprint density at radius 1 is 1.35 bits per heavy atom. The second-order valence-electron chi connectivity index (χ2n) is 6.02. The Hall–Kier alpha value is -0.410. The summed E-state index contributed by atoms with van der Waals surface area (Å²) in [5.74, 6) is 0.287. The minimum absolute atomic E-state index is 0.212. The van der Waals surface area contributed by atoms with Crippen LogP contribution in [0.25, 0.3) is 0 Å². The maximum Gasteiger partial charge on any atom is 0.136 e. The zero-order valence-electron chi connectivity index (χ0n) is 12.1. The van der Waals surface area contributed by atoms with Crippen LogP contribution in [0.4, 0.5) is 0 Å². The minimum atomic E-state index is -0.212. The van der Waals surface area contributed by atoms with E-state index in [1.165, 1.54) is 25.9 Å². The Morgan fingerprint density at radius 2 is 1.88 bits per heavy atom. The van der Waals surface area contributed by atoms with Crippen molar-refractivity contribution < 1.29 is 4.79 Å². The fourth-order valence-electron chi connectivity index (χ4n) is 2.54. The van der Waals surface area contributed by atoms with Gasteiger partial charge in [0.15, 0.2) is 0 Å². The Labute approximate surface area is 106 Å². The van der Waals surface area contributed by atoms with Gasteiger partial charge in [0.1, 0.15) is 5.78 Å². The lowest BCUT2D eigenvalue weighted by molar-refractivity contribution is -0.126. The van der Waals surface area contributed by atoms with E-state index in [2.05, 4.69) is 23.8 Å². The lowest BCUT2D eigenvalue weighted by Gasteiger charge is -2.39. The fourth-order valence-corrected chi connectivity index (χ4v) is 2.54. The summed E-state index contributed by atoms with van der Waals surface area (Å²) in [5.41, 5.74) is -0.212. The fraction of sp³-hybridized carbons (Fsp3) is 0.929. The summed E-state index contributed by atoms with van der Waals surface area (Å²) in [7, 11) is 2.16. The number of ketones is 1. The first-order valence-electron chi connectivity index (χ1n) is 6.80. The second-order valence-corrected chi connectivity index (χ2v) is 6.02. The highest BCUT2D eigenvalue weighted by Crippen LogP contribution is 2.22. The van der Waals surface area contributed by atoms with Crippen molar-refractivity contribution in [1.82, 2.24) is 9.80 Å². The highest BCUT2D eigenvalue weighted by molar-refractivity contribution is 5.81. The summed E-state index contributed by atoms with van der Waals surface area (Å²) in [5, 5.41) is 0. The molecule has 0 spiro atoms. The summed E-state index contributed by atoms with van der Waals surface area (Å²) in [6.07, 6.45) is 2.47. The van der Waals surface area contributed by atoms with Gasteiger partial charge in [-0.3, -0.25) is 4.79 Å².